The molecule has 2 nitrogen and oxygen atoms in total. The summed E-state index contributed by atoms with van der Waals surface area (Å²) in [7, 11) is 0. The molecule has 0 aliphatic carbocycles. The highest BCUT2D eigenvalue weighted by molar-refractivity contribution is 5.18. The molecule has 0 aromatic heterocycles. The first-order chi connectivity index (χ1) is 8.38. The van der Waals surface area contributed by atoms with Crippen molar-refractivity contribution in [3.05, 3.63) is 35.4 Å². The summed E-state index contributed by atoms with van der Waals surface area (Å²) in [4.78, 5) is 2.31. The Kier molecular flexibility index (Phi) is 3.69. The van der Waals surface area contributed by atoms with Crippen LogP contribution in [0.4, 0.5) is 8.78 Å². The van der Waals surface area contributed by atoms with Crippen molar-refractivity contribution < 1.29 is 8.78 Å². The summed E-state index contributed by atoms with van der Waals surface area (Å²) >= 11 is 0. The maximum atomic E-state index is 13.2. The predicted molar refractivity (Wildman–Crippen MR) is 68.3 cm³/mol. The molecule has 1 saturated heterocycles. The van der Waals surface area contributed by atoms with Crippen molar-refractivity contribution in [1.82, 2.24) is 10.2 Å². The lowest BCUT2D eigenvalue weighted by molar-refractivity contribution is 0.0625. The van der Waals surface area contributed by atoms with Gasteiger partial charge in [0.25, 0.3) is 0 Å². The Morgan fingerprint density at radius 3 is 2.72 bits per heavy atom. The smallest absolute Gasteiger partial charge is 0.159 e. The number of nitrogens with one attached hydrogen (secondary N) is 1. The molecular weight excluding hydrogens is 234 g/mol. The van der Waals surface area contributed by atoms with Gasteiger partial charge in [0.2, 0.25) is 0 Å². The molecular formula is C14H20F2N2. The predicted octanol–water partition coefficient (Wildman–Crippen LogP) is 2.54. The summed E-state index contributed by atoms with van der Waals surface area (Å²) in [6, 6.07) is 4.56. The maximum Gasteiger partial charge on any atom is 0.159 e. The number of nitrogens with zero attached hydrogens (tertiary/aromatic N) is 1. The molecule has 2 rings (SSSR count). The molecule has 18 heavy (non-hydrogen) atoms. The molecule has 0 saturated carbocycles. The fraction of sp³-hybridized carbons (Fsp3) is 0.571. The number of halogens is 2. The van der Waals surface area contributed by atoms with Crippen LogP contribution >= 0.6 is 0 Å². The molecule has 1 aromatic carbocycles. The first-order valence-electron chi connectivity index (χ1n) is 6.31. The third-order valence-electron chi connectivity index (χ3n) is 3.59. The quantitative estimate of drug-likeness (QED) is 0.872. The van der Waals surface area contributed by atoms with E-state index in [2.05, 4.69) is 31.0 Å². The molecule has 1 aromatic rings. The van der Waals surface area contributed by atoms with Crippen LogP contribution < -0.4 is 5.32 Å². The number of hydrogen-bond acceptors (Lipinski definition) is 2. The Labute approximate surface area is 107 Å². The van der Waals surface area contributed by atoms with E-state index < -0.39 is 11.6 Å². The molecule has 0 spiro atoms. The van der Waals surface area contributed by atoms with Crippen molar-refractivity contribution in [1.29, 1.82) is 0 Å². The Hall–Kier alpha value is -1.00. The van der Waals surface area contributed by atoms with E-state index in [9.17, 15) is 8.78 Å². The highest BCUT2D eigenvalue weighted by Gasteiger charge is 2.32. The van der Waals surface area contributed by atoms with Gasteiger partial charge in [-0.25, -0.2) is 8.78 Å². The highest BCUT2D eigenvalue weighted by atomic mass is 19.2. The average molecular weight is 254 g/mol. The summed E-state index contributed by atoms with van der Waals surface area (Å²) in [5.41, 5.74) is 0.841. The Bertz CT molecular complexity index is 432. The third-order valence-corrected chi connectivity index (χ3v) is 3.59. The van der Waals surface area contributed by atoms with Gasteiger partial charge in [0.15, 0.2) is 11.6 Å². The van der Waals surface area contributed by atoms with E-state index in [1.807, 2.05) is 0 Å². The maximum absolute atomic E-state index is 13.2. The van der Waals surface area contributed by atoms with E-state index in [1.165, 1.54) is 12.1 Å². The average Bonchev–Trinajstić information content (AvgIpc) is 2.29. The molecule has 0 amide bonds. The largest absolute Gasteiger partial charge is 0.311 e. The fourth-order valence-electron chi connectivity index (χ4n) is 2.31. The summed E-state index contributed by atoms with van der Waals surface area (Å²) in [5.74, 6) is -1.56. The van der Waals surface area contributed by atoms with Crippen molar-refractivity contribution in [2.45, 2.75) is 38.9 Å². The summed E-state index contributed by atoms with van der Waals surface area (Å²) < 4.78 is 26.1. The lowest BCUT2D eigenvalue weighted by Crippen LogP contribution is -2.60. The van der Waals surface area contributed by atoms with E-state index in [1.54, 1.807) is 6.07 Å². The second-order valence-electron chi connectivity index (χ2n) is 5.72. The van der Waals surface area contributed by atoms with Crippen LogP contribution in [0.25, 0.3) is 0 Å². The van der Waals surface area contributed by atoms with Crippen LogP contribution in [0.1, 0.15) is 26.3 Å². The van der Waals surface area contributed by atoms with Gasteiger partial charge in [-0.15, -0.1) is 0 Å². The van der Waals surface area contributed by atoms with Gasteiger partial charge in [-0.3, -0.25) is 4.90 Å². The zero-order valence-electron chi connectivity index (χ0n) is 11.1. The van der Waals surface area contributed by atoms with Crippen molar-refractivity contribution in [2.75, 3.05) is 13.1 Å². The number of hydrogen-bond donors (Lipinski definition) is 1. The zero-order chi connectivity index (χ0) is 13.3. The lowest BCUT2D eigenvalue weighted by Gasteiger charge is -2.45. The molecule has 1 heterocycles. The number of rotatable bonds is 2. The molecule has 1 aliphatic rings. The minimum atomic E-state index is -0.785. The van der Waals surface area contributed by atoms with Crippen molar-refractivity contribution in [3.63, 3.8) is 0 Å². The minimum absolute atomic E-state index is 0.0252. The zero-order valence-corrected chi connectivity index (χ0v) is 11.1. The first kappa shape index (κ1) is 13.4. The standard InChI is InChI=1S/C14H20F2N2/c1-10-7-18(14(2,3)9-17-10)8-11-4-5-12(15)13(16)6-11/h4-6,10,17H,7-9H2,1-3H3. The summed E-state index contributed by atoms with van der Waals surface area (Å²) in [6.07, 6.45) is 0. The van der Waals surface area contributed by atoms with Gasteiger partial charge < -0.3 is 5.32 Å². The Morgan fingerprint density at radius 1 is 1.33 bits per heavy atom. The SMILES string of the molecule is CC1CN(Cc2ccc(F)c(F)c2)C(C)(C)CN1. The number of benzene rings is 1. The summed E-state index contributed by atoms with van der Waals surface area (Å²) in [5, 5.41) is 3.43. The number of piperazine rings is 1. The highest BCUT2D eigenvalue weighted by Crippen LogP contribution is 2.22. The Balaban J connectivity index is 2.13. The van der Waals surface area contributed by atoms with E-state index >= 15 is 0 Å². The second kappa shape index (κ2) is 4.94. The van der Waals surface area contributed by atoms with Crippen LogP contribution in [0.15, 0.2) is 18.2 Å². The molecule has 1 unspecified atom stereocenters. The van der Waals surface area contributed by atoms with Crippen LogP contribution in [0.3, 0.4) is 0 Å². The first-order valence-corrected chi connectivity index (χ1v) is 6.31. The third kappa shape index (κ3) is 2.87. The van der Waals surface area contributed by atoms with Gasteiger partial charge in [0.1, 0.15) is 0 Å². The Morgan fingerprint density at radius 2 is 2.06 bits per heavy atom. The van der Waals surface area contributed by atoms with Gasteiger partial charge in [0.05, 0.1) is 0 Å². The van der Waals surface area contributed by atoms with Crippen LogP contribution in [0, 0.1) is 11.6 Å². The monoisotopic (exact) mass is 254 g/mol. The summed E-state index contributed by atoms with van der Waals surface area (Å²) in [6.45, 7) is 8.91. The van der Waals surface area contributed by atoms with Gasteiger partial charge in [-0.2, -0.15) is 0 Å². The topological polar surface area (TPSA) is 15.3 Å². The fourth-order valence-corrected chi connectivity index (χ4v) is 2.31. The van der Waals surface area contributed by atoms with Crippen molar-refractivity contribution in [2.24, 2.45) is 0 Å². The van der Waals surface area contributed by atoms with Gasteiger partial charge in [-0.05, 0) is 38.5 Å². The molecule has 0 bridgehead atoms. The molecule has 4 heteroatoms. The van der Waals surface area contributed by atoms with Gasteiger partial charge in [-0.1, -0.05) is 6.07 Å². The van der Waals surface area contributed by atoms with E-state index in [-0.39, 0.29) is 5.54 Å². The van der Waals surface area contributed by atoms with Gasteiger partial charge >= 0.3 is 0 Å². The molecule has 1 fully saturated rings. The van der Waals surface area contributed by atoms with Crippen molar-refractivity contribution in [3.8, 4) is 0 Å². The van der Waals surface area contributed by atoms with Crippen LogP contribution in [0.5, 0.6) is 0 Å². The molecule has 0 radical (unpaired) electrons. The van der Waals surface area contributed by atoms with E-state index in [0.717, 1.165) is 18.7 Å². The molecule has 1 aliphatic heterocycles. The second-order valence-corrected chi connectivity index (χ2v) is 5.72. The van der Waals surface area contributed by atoms with Crippen LogP contribution in [-0.4, -0.2) is 29.6 Å². The van der Waals surface area contributed by atoms with E-state index in [4.69, 9.17) is 0 Å². The van der Waals surface area contributed by atoms with Crippen LogP contribution in [0.2, 0.25) is 0 Å². The van der Waals surface area contributed by atoms with Crippen molar-refractivity contribution >= 4 is 0 Å². The minimum Gasteiger partial charge on any atom is -0.311 e. The van der Waals surface area contributed by atoms with Gasteiger partial charge in [0, 0.05) is 31.2 Å². The normalized spacial score (nSPS) is 24.2. The van der Waals surface area contributed by atoms with Crippen LogP contribution in [-0.2, 0) is 6.54 Å². The molecule has 100 valence electrons. The molecule has 1 atom stereocenters. The lowest BCUT2D eigenvalue weighted by atomic mass is 9.97. The molecule has 1 N–H and O–H groups in total. The van der Waals surface area contributed by atoms with E-state index in [0.29, 0.717) is 12.6 Å².